The van der Waals surface area contributed by atoms with Crippen LogP contribution in [-0.2, 0) is 26.2 Å². The molecular weight excluding hydrogens is 574 g/mol. The zero-order chi connectivity index (χ0) is 30.3. The molecule has 1 N–H and O–H groups in total. The summed E-state index contributed by atoms with van der Waals surface area (Å²) in [4.78, 5) is 29.3. The molecule has 0 radical (unpaired) electrons. The van der Waals surface area contributed by atoms with E-state index in [2.05, 4.69) is 5.32 Å². The predicted molar refractivity (Wildman–Crippen MR) is 165 cm³/mol. The van der Waals surface area contributed by atoms with E-state index in [9.17, 15) is 18.0 Å². The molecular formula is C32H38ClN3O5S. The van der Waals surface area contributed by atoms with Crippen molar-refractivity contribution < 1.29 is 22.7 Å². The Bertz CT molecular complexity index is 1490. The smallest absolute Gasteiger partial charge is 0.264 e. The van der Waals surface area contributed by atoms with Gasteiger partial charge in [0.2, 0.25) is 11.8 Å². The largest absolute Gasteiger partial charge is 0.497 e. The number of ether oxygens (including phenoxy) is 1. The fourth-order valence-electron chi connectivity index (χ4n) is 5.25. The van der Waals surface area contributed by atoms with Crippen molar-refractivity contribution in [2.45, 2.75) is 69.5 Å². The SMILES string of the molecule is CC[C@@H](C(=O)NC1CCCC1)N(Cc1cccc(OC)c1)C(=O)CN(c1cccc(Cl)c1)S(=O)(=O)c1ccc(C)cc1. The second-order valence-electron chi connectivity index (χ2n) is 10.6. The third-order valence-electron chi connectivity index (χ3n) is 7.56. The molecule has 3 aromatic carbocycles. The van der Waals surface area contributed by atoms with E-state index in [1.54, 1.807) is 49.6 Å². The van der Waals surface area contributed by atoms with E-state index in [0.717, 1.165) is 41.1 Å². The molecule has 0 saturated heterocycles. The van der Waals surface area contributed by atoms with Gasteiger partial charge in [-0.2, -0.15) is 0 Å². The van der Waals surface area contributed by atoms with Gasteiger partial charge in [-0.15, -0.1) is 0 Å². The lowest BCUT2D eigenvalue weighted by Crippen LogP contribution is -2.53. The number of aryl methyl sites for hydroxylation is 1. The molecule has 1 fully saturated rings. The van der Waals surface area contributed by atoms with Gasteiger partial charge in [-0.25, -0.2) is 8.42 Å². The number of halogens is 1. The van der Waals surface area contributed by atoms with Crippen LogP contribution >= 0.6 is 11.6 Å². The van der Waals surface area contributed by atoms with Gasteiger partial charge in [0.15, 0.2) is 0 Å². The summed E-state index contributed by atoms with van der Waals surface area (Å²) < 4.78 is 34.4. The van der Waals surface area contributed by atoms with Crippen LogP contribution in [0.25, 0.3) is 0 Å². The highest BCUT2D eigenvalue weighted by molar-refractivity contribution is 7.92. The Morgan fingerprint density at radius 3 is 2.36 bits per heavy atom. The number of rotatable bonds is 12. The van der Waals surface area contributed by atoms with Crippen molar-refractivity contribution >= 4 is 39.1 Å². The maximum Gasteiger partial charge on any atom is 0.264 e. The summed E-state index contributed by atoms with van der Waals surface area (Å²) >= 11 is 6.25. The molecule has 1 aliphatic rings. The van der Waals surface area contributed by atoms with E-state index in [1.165, 1.54) is 23.1 Å². The summed E-state index contributed by atoms with van der Waals surface area (Å²) in [6.07, 6.45) is 4.28. The minimum Gasteiger partial charge on any atom is -0.497 e. The lowest BCUT2D eigenvalue weighted by atomic mass is 10.1. The number of amides is 2. The number of hydrogen-bond donors (Lipinski definition) is 1. The van der Waals surface area contributed by atoms with Gasteiger partial charge >= 0.3 is 0 Å². The van der Waals surface area contributed by atoms with E-state index in [0.29, 0.717) is 17.2 Å². The molecule has 42 heavy (non-hydrogen) atoms. The van der Waals surface area contributed by atoms with Gasteiger partial charge in [0.1, 0.15) is 18.3 Å². The molecule has 8 nitrogen and oxygen atoms in total. The number of benzene rings is 3. The van der Waals surface area contributed by atoms with Gasteiger partial charge in [0.05, 0.1) is 17.7 Å². The van der Waals surface area contributed by atoms with Crippen LogP contribution in [0.5, 0.6) is 5.75 Å². The summed E-state index contributed by atoms with van der Waals surface area (Å²) in [5.74, 6) is -0.135. The summed E-state index contributed by atoms with van der Waals surface area (Å²) in [5.41, 5.74) is 1.91. The predicted octanol–water partition coefficient (Wildman–Crippen LogP) is 5.72. The molecule has 0 spiro atoms. The van der Waals surface area contributed by atoms with E-state index < -0.39 is 28.5 Å². The minimum atomic E-state index is -4.16. The molecule has 4 rings (SSSR count). The molecule has 1 atom stereocenters. The number of sulfonamides is 1. The third-order valence-corrected chi connectivity index (χ3v) is 9.58. The Labute approximate surface area is 253 Å². The maximum atomic E-state index is 14.2. The van der Waals surface area contributed by atoms with Crippen molar-refractivity contribution in [1.82, 2.24) is 10.2 Å². The van der Waals surface area contributed by atoms with Crippen molar-refractivity contribution in [2.24, 2.45) is 0 Å². The van der Waals surface area contributed by atoms with Crippen molar-refractivity contribution in [3.05, 3.63) is 88.9 Å². The highest BCUT2D eigenvalue weighted by Crippen LogP contribution is 2.28. The quantitative estimate of drug-likeness (QED) is 0.283. The average Bonchev–Trinajstić information content (AvgIpc) is 3.49. The summed E-state index contributed by atoms with van der Waals surface area (Å²) in [7, 11) is -2.60. The Morgan fingerprint density at radius 1 is 1.02 bits per heavy atom. The first kappa shape index (κ1) is 31.4. The Kier molecular flexibility index (Phi) is 10.5. The summed E-state index contributed by atoms with van der Waals surface area (Å²) in [6, 6.07) is 19.4. The van der Waals surface area contributed by atoms with E-state index in [4.69, 9.17) is 16.3 Å². The molecule has 224 valence electrons. The monoisotopic (exact) mass is 611 g/mol. The van der Waals surface area contributed by atoms with Crippen LogP contribution in [0.1, 0.15) is 50.2 Å². The Balaban J connectivity index is 1.72. The van der Waals surface area contributed by atoms with Gasteiger partial charge in [-0.05, 0) is 74.2 Å². The fraction of sp³-hybridized carbons (Fsp3) is 0.375. The van der Waals surface area contributed by atoms with Crippen LogP contribution < -0.4 is 14.4 Å². The first-order valence-electron chi connectivity index (χ1n) is 14.2. The Morgan fingerprint density at radius 2 is 1.71 bits per heavy atom. The van der Waals surface area contributed by atoms with Gasteiger partial charge in [-0.1, -0.05) is 67.3 Å². The van der Waals surface area contributed by atoms with Crippen LogP contribution in [0.2, 0.25) is 5.02 Å². The van der Waals surface area contributed by atoms with Crippen molar-refractivity contribution in [3.63, 3.8) is 0 Å². The second-order valence-corrected chi connectivity index (χ2v) is 12.9. The minimum absolute atomic E-state index is 0.0474. The van der Waals surface area contributed by atoms with E-state index in [1.807, 2.05) is 26.0 Å². The molecule has 0 heterocycles. The van der Waals surface area contributed by atoms with Crippen LogP contribution in [0.15, 0.2) is 77.7 Å². The zero-order valence-electron chi connectivity index (χ0n) is 24.3. The molecule has 1 aliphatic carbocycles. The number of anilines is 1. The summed E-state index contributed by atoms with van der Waals surface area (Å²) in [5, 5.41) is 3.45. The van der Waals surface area contributed by atoms with Crippen molar-refractivity contribution in [3.8, 4) is 5.75 Å². The number of hydrogen-bond acceptors (Lipinski definition) is 5. The number of carbonyl (C=O) groups excluding carboxylic acids is 2. The average molecular weight is 612 g/mol. The lowest BCUT2D eigenvalue weighted by Gasteiger charge is -2.34. The van der Waals surface area contributed by atoms with Crippen LogP contribution in [0, 0.1) is 6.92 Å². The van der Waals surface area contributed by atoms with Crippen LogP contribution in [-0.4, -0.2) is 50.9 Å². The van der Waals surface area contributed by atoms with Crippen LogP contribution in [0.4, 0.5) is 5.69 Å². The molecule has 0 aliphatic heterocycles. The maximum absolute atomic E-state index is 14.2. The number of methoxy groups -OCH3 is 1. The molecule has 0 bridgehead atoms. The van der Waals surface area contributed by atoms with Crippen molar-refractivity contribution in [2.75, 3.05) is 18.0 Å². The van der Waals surface area contributed by atoms with Crippen molar-refractivity contribution in [1.29, 1.82) is 0 Å². The molecule has 3 aromatic rings. The van der Waals surface area contributed by atoms with Gasteiger partial charge in [0.25, 0.3) is 10.0 Å². The number of nitrogens with one attached hydrogen (secondary N) is 1. The molecule has 2 amide bonds. The fourth-order valence-corrected chi connectivity index (χ4v) is 6.84. The topological polar surface area (TPSA) is 96.0 Å². The summed E-state index contributed by atoms with van der Waals surface area (Å²) in [6.45, 7) is 3.30. The number of carbonyl (C=O) groups is 2. The van der Waals surface area contributed by atoms with Gasteiger partial charge < -0.3 is 15.0 Å². The lowest BCUT2D eigenvalue weighted by molar-refractivity contribution is -0.140. The molecule has 0 aromatic heterocycles. The van der Waals surface area contributed by atoms with Crippen LogP contribution in [0.3, 0.4) is 0 Å². The highest BCUT2D eigenvalue weighted by atomic mass is 35.5. The van der Waals surface area contributed by atoms with E-state index in [-0.39, 0.29) is 29.1 Å². The third kappa shape index (κ3) is 7.63. The first-order chi connectivity index (χ1) is 20.1. The van der Waals surface area contributed by atoms with Gasteiger partial charge in [0, 0.05) is 17.6 Å². The molecule has 10 heteroatoms. The standard InChI is InChI=1S/C32H38ClN3O5S/c1-4-30(32(38)34-26-11-5-6-12-26)35(21-24-9-7-14-28(19-24)41-3)31(37)22-36(27-13-8-10-25(33)20-27)42(39,40)29-17-15-23(2)16-18-29/h7-10,13-20,26,30H,4-6,11-12,21-22H2,1-3H3,(H,34,38)/t30-/m0/s1. The normalized spacial score (nSPS) is 14.3. The second kappa shape index (κ2) is 14.1. The molecule has 0 unspecified atom stereocenters. The molecule has 1 saturated carbocycles. The Hall–Kier alpha value is -3.56. The first-order valence-corrected chi connectivity index (χ1v) is 16.0. The van der Waals surface area contributed by atoms with E-state index >= 15 is 0 Å². The van der Waals surface area contributed by atoms with Gasteiger partial charge in [-0.3, -0.25) is 13.9 Å². The highest BCUT2D eigenvalue weighted by Gasteiger charge is 2.34. The number of nitrogens with zero attached hydrogens (tertiary/aromatic N) is 2. The zero-order valence-corrected chi connectivity index (χ0v) is 25.8.